The number of hydrogen-bond donors (Lipinski definition) is 0. The van der Waals surface area contributed by atoms with Gasteiger partial charge >= 0.3 is 0 Å². The molecular weight excluding hydrogens is 234 g/mol. The quantitative estimate of drug-likeness (QED) is 0.719. The zero-order chi connectivity index (χ0) is 13.0. The van der Waals surface area contributed by atoms with Crippen LogP contribution >= 0.6 is 0 Å². The third-order valence-corrected chi connectivity index (χ3v) is 4.46. The van der Waals surface area contributed by atoms with E-state index in [2.05, 4.69) is 47.0 Å². The minimum absolute atomic E-state index is 0.477. The van der Waals surface area contributed by atoms with Crippen molar-refractivity contribution >= 4 is 16.5 Å². The summed E-state index contributed by atoms with van der Waals surface area (Å²) in [6, 6.07) is 8.93. The highest BCUT2D eigenvalue weighted by Crippen LogP contribution is 2.38. The summed E-state index contributed by atoms with van der Waals surface area (Å²) in [6.45, 7) is 2.12. The highest BCUT2D eigenvalue weighted by molar-refractivity contribution is 5.97. The van der Waals surface area contributed by atoms with E-state index in [9.17, 15) is 5.26 Å². The van der Waals surface area contributed by atoms with Crippen LogP contribution in [0.25, 0.3) is 16.5 Å². The predicted octanol–water partition coefficient (Wildman–Crippen LogP) is 2.61. The Morgan fingerprint density at radius 2 is 2.21 bits per heavy atom. The minimum atomic E-state index is 0.477. The van der Waals surface area contributed by atoms with E-state index in [1.165, 1.54) is 16.7 Å². The lowest BCUT2D eigenvalue weighted by atomic mass is 9.88. The normalized spacial score (nSPS) is 21.9. The maximum absolute atomic E-state index is 9.22. The molecule has 1 unspecified atom stereocenters. The molecule has 0 fully saturated rings. The summed E-state index contributed by atoms with van der Waals surface area (Å²) in [7, 11) is 2.20. The molecule has 2 aliphatic rings. The Balaban J connectivity index is 2.04. The number of hydrogen-bond acceptors (Lipinski definition) is 2. The van der Waals surface area contributed by atoms with Gasteiger partial charge in [0.2, 0.25) is 0 Å². The molecule has 0 aliphatic carbocycles. The number of aromatic nitrogens is 1. The Bertz CT molecular complexity index is 745. The fourth-order valence-corrected chi connectivity index (χ4v) is 3.47. The van der Waals surface area contributed by atoms with Gasteiger partial charge in [-0.25, -0.2) is 0 Å². The SMILES string of the molecule is CN1CCC=C2c3ccc(C#N)c4ccn(c34)CC21. The van der Waals surface area contributed by atoms with Crippen molar-refractivity contribution in [2.75, 3.05) is 13.6 Å². The Kier molecular flexibility index (Phi) is 2.12. The second-order valence-electron chi connectivity index (χ2n) is 5.45. The molecule has 0 N–H and O–H groups in total. The van der Waals surface area contributed by atoms with E-state index < -0.39 is 0 Å². The van der Waals surface area contributed by atoms with Crippen LogP contribution in [0.2, 0.25) is 0 Å². The summed E-state index contributed by atoms with van der Waals surface area (Å²) >= 11 is 0. The van der Waals surface area contributed by atoms with Crippen LogP contribution in [0.5, 0.6) is 0 Å². The third-order valence-electron chi connectivity index (χ3n) is 4.46. The summed E-state index contributed by atoms with van der Waals surface area (Å²) in [5.41, 5.74) is 4.76. The smallest absolute Gasteiger partial charge is 0.0998 e. The van der Waals surface area contributed by atoms with Crippen molar-refractivity contribution in [3.63, 3.8) is 0 Å². The molecule has 3 heteroatoms. The van der Waals surface area contributed by atoms with E-state index in [4.69, 9.17) is 0 Å². The molecule has 0 saturated carbocycles. The molecule has 1 atom stereocenters. The van der Waals surface area contributed by atoms with E-state index in [0.717, 1.165) is 30.5 Å². The van der Waals surface area contributed by atoms with Crippen LogP contribution < -0.4 is 0 Å². The van der Waals surface area contributed by atoms with Crippen LogP contribution in [-0.2, 0) is 6.54 Å². The van der Waals surface area contributed by atoms with Gasteiger partial charge in [-0.3, -0.25) is 4.90 Å². The molecule has 0 amide bonds. The Hall–Kier alpha value is -2.05. The molecule has 2 aliphatic heterocycles. The van der Waals surface area contributed by atoms with Gasteiger partial charge in [0.15, 0.2) is 0 Å². The number of benzene rings is 1. The second kappa shape index (κ2) is 3.72. The van der Waals surface area contributed by atoms with Crippen LogP contribution in [-0.4, -0.2) is 29.1 Å². The highest BCUT2D eigenvalue weighted by Gasteiger charge is 2.30. The van der Waals surface area contributed by atoms with Crippen LogP contribution in [0.3, 0.4) is 0 Å². The van der Waals surface area contributed by atoms with Crippen LogP contribution in [0.15, 0.2) is 30.5 Å². The van der Waals surface area contributed by atoms with Crippen LogP contribution in [0.1, 0.15) is 17.5 Å². The van der Waals surface area contributed by atoms with Gasteiger partial charge in [-0.15, -0.1) is 0 Å². The van der Waals surface area contributed by atoms with E-state index in [1.54, 1.807) is 0 Å². The summed E-state index contributed by atoms with van der Waals surface area (Å²) in [4.78, 5) is 2.43. The molecule has 0 spiro atoms. The van der Waals surface area contributed by atoms with Crippen molar-refractivity contribution in [2.45, 2.75) is 19.0 Å². The first-order valence-electron chi connectivity index (χ1n) is 6.72. The van der Waals surface area contributed by atoms with Gasteiger partial charge < -0.3 is 4.57 Å². The summed E-state index contributed by atoms with van der Waals surface area (Å²) in [5.74, 6) is 0. The summed E-state index contributed by atoms with van der Waals surface area (Å²) in [6.07, 6.45) is 5.61. The van der Waals surface area contributed by atoms with E-state index in [1.807, 2.05) is 6.07 Å². The van der Waals surface area contributed by atoms with Gasteiger partial charge in [0.05, 0.1) is 23.2 Å². The number of likely N-dealkylation sites (N-methyl/N-ethyl adjacent to an activating group) is 1. The Labute approximate surface area is 112 Å². The molecule has 94 valence electrons. The van der Waals surface area contributed by atoms with Gasteiger partial charge in [-0.2, -0.15) is 5.26 Å². The van der Waals surface area contributed by atoms with Gasteiger partial charge in [-0.1, -0.05) is 12.1 Å². The molecule has 19 heavy (non-hydrogen) atoms. The van der Waals surface area contributed by atoms with E-state index in [-0.39, 0.29) is 0 Å². The molecule has 0 radical (unpaired) electrons. The number of fused-ring (bicyclic) bond motifs is 2. The standard InChI is InChI=1S/C16H15N3/c1-18-7-2-3-13-14-5-4-11(9-17)12-6-8-19(16(12)14)10-15(13)18/h3-6,8,15H,2,7,10H2,1H3. The lowest BCUT2D eigenvalue weighted by Gasteiger charge is -2.37. The summed E-state index contributed by atoms with van der Waals surface area (Å²) < 4.78 is 2.30. The van der Waals surface area contributed by atoms with Crippen LogP contribution in [0, 0.1) is 11.3 Å². The van der Waals surface area contributed by atoms with Crippen molar-refractivity contribution in [1.29, 1.82) is 5.26 Å². The molecule has 0 saturated heterocycles. The lowest BCUT2D eigenvalue weighted by molar-refractivity contribution is 0.260. The monoisotopic (exact) mass is 249 g/mol. The molecule has 2 aromatic rings. The van der Waals surface area contributed by atoms with Gasteiger partial charge in [0.1, 0.15) is 0 Å². The molecule has 1 aromatic heterocycles. The number of nitriles is 1. The molecule has 3 heterocycles. The largest absolute Gasteiger partial charge is 0.345 e. The van der Waals surface area contributed by atoms with Crippen molar-refractivity contribution in [3.05, 3.63) is 41.6 Å². The Morgan fingerprint density at radius 1 is 1.32 bits per heavy atom. The number of rotatable bonds is 0. The van der Waals surface area contributed by atoms with Gasteiger partial charge in [0, 0.05) is 30.2 Å². The van der Waals surface area contributed by atoms with Gasteiger partial charge in [-0.05, 0) is 31.2 Å². The maximum Gasteiger partial charge on any atom is 0.0998 e. The first-order chi connectivity index (χ1) is 9.29. The maximum atomic E-state index is 9.22. The average molecular weight is 249 g/mol. The third kappa shape index (κ3) is 1.35. The zero-order valence-electron chi connectivity index (χ0n) is 10.9. The van der Waals surface area contributed by atoms with Crippen molar-refractivity contribution in [2.24, 2.45) is 0 Å². The average Bonchev–Trinajstić information content (AvgIpc) is 2.86. The molecule has 3 nitrogen and oxygen atoms in total. The highest BCUT2D eigenvalue weighted by atomic mass is 15.2. The molecular formula is C16H15N3. The van der Waals surface area contributed by atoms with E-state index >= 15 is 0 Å². The van der Waals surface area contributed by atoms with E-state index in [0.29, 0.717) is 6.04 Å². The van der Waals surface area contributed by atoms with Crippen molar-refractivity contribution in [1.82, 2.24) is 9.47 Å². The first-order valence-corrected chi connectivity index (χ1v) is 6.72. The second-order valence-corrected chi connectivity index (χ2v) is 5.45. The van der Waals surface area contributed by atoms with Crippen molar-refractivity contribution in [3.8, 4) is 6.07 Å². The molecule has 1 aromatic carbocycles. The number of nitrogens with zero attached hydrogens (tertiary/aromatic N) is 3. The first kappa shape index (κ1) is 10.8. The fourth-order valence-electron chi connectivity index (χ4n) is 3.47. The lowest BCUT2D eigenvalue weighted by Crippen LogP contribution is -2.41. The zero-order valence-corrected chi connectivity index (χ0v) is 10.9. The predicted molar refractivity (Wildman–Crippen MR) is 75.7 cm³/mol. The fraction of sp³-hybridized carbons (Fsp3) is 0.312. The van der Waals surface area contributed by atoms with Crippen LogP contribution in [0.4, 0.5) is 0 Å². The Morgan fingerprint density at radius 3 is 3.05 bits per heavy atom. The molecule has 0 bridgehead atoms. The molecule has 4 rings (SSSR count). The van der Waals surface area contributed by atoms with Gasteiger partial charge in [0.25, 0.3) is 0 Å². The summed E-state index contributed by atoms with van der Waals surface area (Å²) in [5, 5.41) is 10.3. The topological polar surface area (TPSA) is 32.0 Å². The van der Waals surface area contributed by atoms with Crippen molar-refractivity contribution < 1.29 is 0 Å². The minimum Gasteiger partial charge on any atom is -0.345 e.